The van der Waals surface area contributed by atoms with Crippen molar-refractivity contribution in [1.29, 1.82) is 0 Å². The van der Waals surface area contributed by atoms with Crippen LogP contribution < -0.4 is 10.2 Å². The molecule has 1 saturated heterocycles. The predicted molar refractivity (Wildman–Crippen MR) is 137 cm³/mol. The second-order valence-corrected chi connectivity index (χ2v) is 10.7. The molecule has 3 N–H and O–H groups in total. The molecule has 8 heteroatoms. The van der Waals surface area contributed by atoms with Gasteiger partial charge >= 0.3 is 0 Å². The van der Waals surface area contributed by atoms with E-state index in [-0.39, 0.29) is 18.2 Å². The van der Waals surface area contributed by atoms with Gasteiger partial charge in [0.05, 0.1) is 28.5 Å². The Labute approximate surface area is 203 Å². The zero-order chi connectivity index (χ0) is 23.1. The molecule has 0 radical (unpaired) electrons. The lowest BCUT2D eigenvalue weighted by molar-refractivity contribution is 0.116. The third kappa shape index (κ3) is 4.37. The number of nitrogens with zero attached hydrogens (tertiary/aromatic N) is 4. The molecule has 2 atom stereocenters. The first-order valence-corrected chi connectivity index (χ1v) is 13.2. The van der Waals surface area contributed by atoms with Gasteiger partial charge in [0.15, 0.2) is 5.13 Å². The summed E-state index contributed by atoms with van der Waals surface area (Å²) in [5.74, 6) is 0. The van der Waals surface area contributed by atoms with E-state index in [1.807, 2.05) is 6.20 Å². The topological polar surface area (TPSA) is 85.9 Å². The molecule has 2 unspecified atom stereocenters. The highest BCUT2D eigenvalue weighted by molar-refractivity contribution is 7.22. The highest BCUT2D eigenvalue weighted by Gasteiger charge is 2.24. The molecular formula is C26H31N5O2S. The highest BCUT2D eigenvalue weighted by atomic mass is 32.1. The Morgan fingerprint density at radius 3 is 2.74 bits per heavy atom. The number of fused-ring (bicyclic) bond motifs is 2. The Hall–Kier alpha value is -2.68. The summed E-state index contributed by atoms with van der Waals surface area (Å²) in [6.07, 6.45) is 10.2. The van der Waals surface area contributed by atoms with Gasteiger partial charge in [-0.3, -0.25) is 0 Å². The molecule has 2 aliphatic rings. The molecule has 3 aromatic heterocycles. The maximum atomic E-state index is 10.3. The third-order valence-corrected chi connectivity index (χ3v) is 8.23. The summed E-state index contributed by atoms with van der Waals surface area (Å²) in [6, 6.07) is 10.9. The van der Waals surface area contributed by atoms with E-state index < -0.39 is 0 Å². The number of imidazole rings is 1. The highest BCUT2D eigenvalue weighted by Crippen LogP contribution is 2.30. The molecule has 4 heterocycles. The Morgan fingerprint density at radius 2 is 1.88 bits per heavy atom. The van der Waals surface area contributed by atoms with Gasteiger partial charge in [-0.2, -0.15) is 0 Å². The number of hydrogen-bond donors (Lipinski definition) is 3. The van der Waals surface area contributed by atoms with Crippen molar-refractivity contribution in [1.82, 2.24) is 14.4 Å². The number of rotatable bonds is 5. The Morgan fingerprint density at radius 1 is 1.03 bits per heavy atom. The van der Waals surface area contributed by atoms with Gasteiger partial charge in [-0.1, -0.05) is 30.2 Å². The fraction of sp³-hybridized carbons (Fsp3) is 0.462. The summed E-state index contributed by atoms with van der Waals surface area (Å²) in [7, 11) is 0. The molecule has 178 valence electrons. The van der Waals surface area contributed by atoms with E-state index >= 15 is 0 Å². The van der Waals surface area contributed by atoms with Gasteiger partial charge in [-0.25, -0.2) is 9.97 Å². The van der Waals surface area contributed by atoms with Crippen molar-refractivity contribution in [3.63, 3.8) is 0 Å². The number of aliphatic hydroxyl groups excluding tert-OH is 2. The van der Waals surface area contributed by atoms with Crippen LogP contribution in [0.3, 0.4) is 0 Å². The largest absolute Gasteiger partial charge is 0.393 e. The third-order valence-electron chi connectivity index (χ3n) is 7.28. The number of nitrogens with one attached hydrogen (secondary N) is 1. The molecule has 0 spiro atoms. The van der Waals surface area contributed by atoms with Crippen LogP contribution in [0.15, 0.2) is 42.7 Å². The molecule has 4 aromatic rings. The number of hydrogen-bond acceptors (Lipinski definition) is 7. The van der Waals surface area contributed by atoms with Crippen LogP contribution in [-0.4, -0.2) is 55.9 Å². The first-order chi connectivity index (χ1) is 16.6. The van der Waals surface area contributed by atoms with Gasteiger partial charge in [0.25, 0.3) is 0 Å². The van der Waals surface area contributed by atoms with Crippen molar-refractivity contribution in [2.24, 2.45) is 0 Å². The number of thiazole rings is 1. The molecule has 1 aliphatic carbocycles. The second-order valence-electron chi connectivity index (χ2n) is 9.68. The second kappa shape index (κ2) is 9.17. The smallest absolute Gasteiger partial charge is 0.184 e. The van der Waals surface area contributed by atoms with Crippen molar-refractivity contribution < 1.29 is 10.2 Å². The Kier molecular flexibility index (Phi) is 5.89. The number of piperidine rings is 1. The number of aliphatic hydroxyl groups is 2. The quantitative estimate of drug-likeness (QED) is 0.399. The van der Waals surface area contributed by atoms with Crippen LogP contribution in [0.2, 0.25) is 0 Å². The van der Waals surface area contributed by atoms with Gasteiger partial charge < -0.3 is 24.8 Å². The number of aromatic nitrogens is 3. The van der Waals surface area contributed by atoms with E-state index in [0.717, 1.165) is 84.7 Å². The van der Waals surface area contributed by atoms with Crippen LogP contribution in [0, 0.1) is 0 Å². The maximum Gasteiger partial charge on any atom is 0.184 e. The predicted octanol–water partition coefficient (Wildman–Crippen LogP) is 4.21. The van der Waals surface area contributed by atoms with E-state index in [2.05, 4.69) is 56.1 Å². The van der Waals surface area contributed by atoms with Crippen molar-refractivity contribution in [2.45, 2.75) is 63.2 Å². The van der Waals surface area contributed by atoms with Crippen LogP contribution in [0.25, 0.3) is 15.9 Å². The van der Waals surface area contributed by atoms with E-state index in [0.29, 0.717) is 0 Å². The van der Waals surface area contributed by atoms with Crippen LogP contribution in [0.1, 0.15) is 49.8 Å². The average Bonchev–Trinajstić information content (AvgIpc) is 3.44. The molecule has 7 nitrogen and oxygen atoms in total. The lowest BCUT2D eigenvalue weighted by Crippen LogP contribution is -2.36. The molecule has 0 bridgehead atoms. The van der Waals surface area contributed by atoms with E-state index in [4.69, 9.17) is 4.98 Å². The SMILES string of the molecule is OC1CCN(c2ccn3c(Cc4ccc5nc(NC6CCCCC6O)sc5c4)cnc3c2)CC1. The van der Waals surface area contributed by atoms with Gasteiger partial charge in [-0.15, -0.1) is 0 Å². The van der Waals surface area contributed by atoms with Crippen LogP contribution >= 0.6 is 11.3 Å². The van der Waals surface area contributed by atoms with Crippen molar-refractivity contribution in [2.75, 3.05) is 23.3 Å². The Balaban J connectivity index is 1.19. The van der Waals surface area contributed by atoms with Crippen LogP contribution in [-0.2, 0) is 6.42 Å². The summed E-state index contributed by atoms with van der Waals surface area (Å²) < 4.78 is 3.32. The molecule has 6 rings (SSSR count). The van der Waals surface area contributed by atoms with E-state index in [1.165, 1.54) is 11.3 Å². The summed E-state index contributed by atoms with van der Waals surface area (Å²) in [6.45, 7) is 1.77. The fourth-order valence-corrected chi connectivity index (χ4v) is 6.25. The minimum atomic E-state index is -0.284. The van der Waals surface area contributed by atoms with Crippen LogP contribution in [0.5, 0.6) is 0 Å². The Bertz CT molecular complexity index is 1290. The monoisotopic (exact) mass is 477 g/mol. The van der Waals surface area contributed by atoms with Gasteiger partial charge in [0, 0.05) is 49.4 Å². The van der Waals surface area contributed by atoms with Crippen LogP contribution in [0.4, 0.5) is 10.8 Å². The van der Waals surface area contributed by atoms with E-state index in [1.54, 1.807) is 11.3 Å². The summed E-state index contributed by atoms with van der Waals surface area (Å²) in [5, 5.41) is 24.4. The minimum absolute atomic E-state index is 0.104. The number of anilines is 2. The standard InChI is InChI=1S/C26H31N5O2S/c32-20-8-10-30(11-9-20)18-7-12-31-19(16-27-25(31)15-18)13-17-5-6-22-24(14-17)34-26(29-22)28-21-3-1-2-4-23(21)33/h5-7,12,14-16,20-21,23,32-33H,1-4,8-11,13H2,(H,28,29). The zero-order valence-electron chi connectivity index (χ0n) is 19.2. The van der Waals surface area contributed by atoms with E-state index in [9.17, 15) is 10.2 Å². The number of pyridine rings is 1. The molecule has 2 fully saturated rings. The fourth-order valence-electron chi connectivity index (χ4n) is 5.26. The maximum absolute atomic E-state index is 10.3. The lowest BCUT2D eigenvalue weighted by atomic mass is 9.93. The van der Waals surface area contributed by atoms with Crippen molar-refractivity contribution in [3.05, 3.63) is 54.0 Å². The normalized spacial score (nSPS) is 22.0. The molecule has 1 saturated carbocycles. The average molecular weight is 478 g/mol. The molecular weight excluding hydrogens is 446 g/mol. The van der Waals surface area contributed by atoms with Gasteiger partial charge in [-0.05, 0) is 49.4 Å². The van der Waals surface area contributed by atoms with Gasteiger partial charge in [0.2, 0.25) is 0 Å². The lowest BCUT2D eigenvalue weighted by Gasteiger charge is -2.31. The zero-order valence-corrected chi connectivity index (χ0v) is 20.0. The first-order valence-electron chi connectivity index (χ1n) is 12.4. The van der Waals surface area contributed by atoms with Crippen molar-refractivity contribution >= 4 is 38.0 Å². The van der Waals surface area contributed by atoms with Crippen molar-refractivity contribution in [3.8, 4) is 0 Å². The molecule has 0 amide bonds. The molecule has 1 aromatic carbocycles. The van der Waals surface area contributed by atoms with Gasteiger partial charge in [0.1, 0.15) is 5.65 Å². The molecule has 34 heavy (non-hydrogen) atoms. The minimum Gasteiger partial charge on any atom is -0.393 e. The summed E-state index contributed by atoms with van der Waals surface area (Å²) in [4.78, 5) is 11.7. The summed E-state index contributed by atoms with van der Waals surface area (Å²) in [5.41, 5.74) is 5.51. The first kappa shape index (κ1) is 21.8. The molecule has 1 aliphatic heterocycles. The number of benzene rings is 1. The summed E-state index contributed by atoms with van der Waals surface area (Å²) >= 11 is 1.66.